The van der Waals surface area contributed by atoms with Gasteiger partial charge in [0, 0.05) is 12.2 Å². The van der Waals surface area contributed by atoms with E-state index in [0.29, 0.717) is 12.9 Å². The predicted molar refractivity (Wildman–Crippen MR) is 66.1 cm³/mol. The Balaban J connectivity index is 0.000000218. The molecular formula is C10H13BF3N5. The Kier molecular flexibility index (Phi) is 4.98. The highest BCUT2D eigenvalue weighted by molar-refractivity contribution is 6.67. The van der Waals surface area contributed by atoms with Gasteiger partial charge in [-0.25, -0.2) is 10.2 Å². The molecule has 1 fully saturated rings. The molecule has 102 valence electrons. The van der Waals surface area contributed by atoms with Crippen molar-refractivity contribution in [1.29, 1.82) is 5.26 Å². The van der Waals surface area contributed by atoms with Crippen LogP contribution in [0.4, 0.5) is 24.9 Å². The lowest BCUT2D eigenvalue weighted by Gasteiger charge is -2.07. The van der Waals surface area contributed by atoms with Crippen LogP contribution in [-0.2, 0) is 6.18 Å². The number of rotatable bonds is 0. The molecule has 19 heavy (non-hydrogen) atoms. The molecular weight excluding hydrogens is 258 g/mol. The Morgan fingerprint density at radius 3 is 2.21 bits per heavy atom. The van der Waals surface area contributed by atoms with Crippen molar-refractivity contribution in [3.63, 3.8) is 0 Å². The van der Waals surface area contributed by atoms with Gasteiger partial charge in [0.15, 0.2) is 0 Å². The molecule has 0 amide bonds. The Morgan fingerprint density at radius 1 is 1.26 bits per heavy atom. The van der Waals surface area contributed by atoms with E-state index in [4.69, 9.17) is 16.7 Å². The van der Waals surface area contributed by atoms with Crippen LogP contribution in [-0.4, -0.2) is 16.7 Å². The molecule has 1 aromatic heterocycles. The first-order valence-corrected chi connectivity index (χ1v) is 5.69. The van der Waals surface area contributed by atoms with Gasteiger partial charge in [0.1, 0.15) is 11.4 Å². The van der Waals surface area contributed by atoms with Gasteiger partial charge in [-0.3, -0.25) is 0 Å². The van der Waals surface area contributed by atoms with E-state index in [2.05, 4.69) is 15.9 Å². The average Bonchev–Trinajstić information content (AvgIpc) is 2.80. The fourth-order valence-electron chi connectivity index (χ4n) is 1.68. The molecule has 1 aliphatic rings. The van der Waals surface area contributed by atoms with Crippen molar-refractivity contribution in [1.82, 2.24) is 9.97 Å². The molecule has 0 aromatic carbocycles. The SMILES string of the molecule is N#CB1CCCC1.Nc1ncc(C(F)(F)F)c(N)n1. The second kappa shape index (κ2) is 6.27. The van der Waals surface area contributed by atoms with E-state index in [-0.39, 0.29) is 5.95 Å². The second-order valence-corrected chi connectivity index (χ2v) is 4.14. The van der Waals surface area contributed by atoms with Crippen molar-refractivity contribution < 1.29 is 13.2 Å². The third kappa shape index (κ3) is 4.65. The molecule has 2 rings (SSSR count). The second-order valence-electron chi connectivity index (χ2n) is 4.14. The number of halogens is 3. The van der Waals surface area contributed by atoms with Crippen LogP contribution >= 0.6 is 0 Å². The van der Waals surface area contributed by atoms with Crippen LogP contribution in [0.3, 0.4) is 0 Å². The van der Waals surface area contributed by atoms with Crippen LogP contribution in [0.15, 0.2) is 6.20 Å². The molecule has 0 radical (unpaired) electrons. The van der Waals surface area contributed by atoms with Crippen LogP contribution in [0.1, 0.15) is 18.4 Å². The van der Waals surface area contributed by atoms with Crippen molar-refractivity contribution in [2.75, 3.05) is 11.5 Å². The predicted octanol–water partition coefficient (Wildman–Crippen LogP) is 2.00. The Labute approximate surface area is 108 Å². The first-order valence-electron chi connectivity index (χ1n) is 5.69. The lowest BCUT2D eigenvalue weighted by molar-refractivity contribution is -0.137. The maximum atomic E-state index is 12.0. The van der Waals surface area contributed by atoms with Crippen molar-refractivity contribution in [3.8, 4) is 5.97 Å². The molecule has 0 spiro atoms. The Bertz CT molecular complexity index is 465. The highest BCUT2D eigenvalue weighted by Gasteiger charge is 2.34. The van der Waals surface area contributed by atoms with Crippen LogP contribution in [0.2, 0.25) is 12.6 Å². The Morgan fingerprint density at radius 2 is 1.84 bits per heavy atom. The van der Waals surface area contributed by atoms with Crippen LogP contribution in [0, 0.1) is 11.2 Å². The summed E-state index contributed by atoms with van der Waals surface area (Å²) in [6.07, 6.45) is 0.874. The molecule has 2 heterocycles. The molecule has 0 saturated carbocycles. The highest BCUT2D eigenvalue weighted by Crippen LogP contribution is 2.31. The normalized spacial score (nSPS) is 14.5. The number of nitriles is 1. The van der Waals surface area contributed by atoms with Gasteiger partial charge < -0.3 is 11.5 Å². The minimum absolute atomic E-state index is 0.277. The van der Waals surface area contributed by atoms with Gasteiger partial charge >= 0.3 is 6.18 Å². The molecule has 5 nitrogen and oxygen atoms in total. The third-order valence-corrected chi connectivity index (χ3v) is 2.68. The summed E-state index contributed by atoms with van der Waals surface area (Å²) in [4.78, 5) is 6.34. The van der Waals surface area contributed by atoms with Crippen LogP contribution in [0.5, 0.6) is 0 Å². The molecule has 1 aromatic rings. The number of hydrogen-bond acceptors (Lipinski definition) is 5. The largest absolute Gasteiger partial charge is 0.421 e. The van der Waals surface area contributed by atoms with Gasteiger partial charge in [-0.1, -0.05) is 25.5 Å². The van der Waals surface area contributed by atoms with E-state index in [1.54, 1.807) is 0 Å². The number of hydrogen-bond donors (Lipinski definition) is 2. The quantitative estimate of drug-likeness (QED) is 0.702. The Hall–Kier alpha value is -1.98. The van der Waals surface area contributed by atoms with E-state index in [1.807, 2.05) is 0 Å². The fraction of sp³-hybridized carbons (Fsp3) is 0.500. The topological polar surface area (TPSA) is 102 Å². The number of nitrogens with zero attached hydrogens (tertiary/aromatic N) is 3. The summed E-state index contributed by atoms with van der Waals surface area (Å²) >= 11 is 0. The molecule has 4 N–H and O–H groups in total. The molecule has 1 aliphatic heterocycles. The smallest absolute Gasteiger partial charge is 0.383 e. The van der Waals surface area contributed by atoms with Gasteiger partial charge in [0.25, 0.3) is 6.71 Å². The lowest BCUT2D eigenvalue weighted by atomic mass is 9.50. The zero-order valence-electron chi connectivity index (χ0n) is 10.1. The summed E-state index contributed by atoms with van der Waals surface area (Å²) < 4.78 is 35.9. The standard InChI is InChI=1S/C5H8BN.C5H5F3N4/c7-5-6-3-1-2-4-6;6-5(7,8)2-1-11-4(10)12-3(2)9/h1-4H2;1H,(H4,9,10,11,12). The summed E-state index contributed by atoms with van der Waals surface area (Å²) in [7, 11) is 0. The fourth-order valence-corrected chi connectivity index (χ4v) is 1.68. The van der Waals surface area contributed by atoms with Gasteiger partial charge in [0.2, 0.25) is 5.95 Å². The zero-order valence-corrected chi connectivity index (χ0v) is 10.1. The van der Waals surface area contributed by atoms with E-state index < -0.39 is 17.6 Å². The zero-order chi connectivity index (χ0) is 14.5. The van der Waals surface area contributed by atoms with Crippen molar-refractivity contribution >= 4 is 18.5 Å². The van der Waals surface area contributed by atoms with Gasteiger partial charge in [-0.2, -0.15) is 18.2 Å². The molecule has 0 aliphatic carbocycles. The van der Waals surface area contributed by atoms with Crippen molar-refractivity contribution in [2.24, 2.45) is 0 Å². The average molecular weight is 271 g/mol. The number of anilines is 2. The highest BCUT2D eigenvalue weighted by atomic mass is 19.4. The third-order valence-electron chi connectivity index (χ3n) is 2.68. The van der Waals surface area contributed by atoms with Crippen LogP contribution in [0.25, 0.3) is 0 Å². The number of aromatic nitrogens is 2. The first-order chi connectivity index (χ1) is 8.84. The molecule has 1 saturated heterocycles. The minimum atomic E-state index is -4.53. The molecule has 0 atom stereocenters. The molecule has 0 bridgehead atoms. The number of alkyl halides is 3. The van der Waals surface area contributed by atoms with Crippen LogP contribution < -0.4 is 11.5 Å². The number of nitrogen functional groups attached to an aromatic ring is 2. The van der Waals surface area contributed by atoms with Gasteiger partial charge in [0.05, 0.1) is 0 Å². The van der Waals surface area contributed by atoms with Gasteiger partial charge in [-0.05, 0) is 0 Å². The van der Waals surface area contributed by atoms with E-state index in [9.17, 15) is 13.2 Å². The first kappa shape index (κ1) is 15.1. The molecule has 9 heteroatoms. The monoisotopic (exact) mass is 271 g/mol. The number of nitrogens with two attached hydrogens (primary N) is 2. The summed E-state index contributed by atoms with van der Waals surface area (Å²) in [5.74, 6) is 1.33. The summed E-state index contributed by atoms with van der Waals surface area (Å²) in [6, 6.07) is 0. The maximum absolute atomic E-state index is 12.0. The van der Waals surface area contributed by atoms with E-state index >= 15 is 0 Å². The van der Waals surface area contributed by atoms with Gasteiger partial charge in [-0.15, -0.1) is 0 Å². The molecule has 0 unspecified atom stereocenters. The summed E-state index contributed by atoms with van der Waals surface area (Å²) in [5, 5.41) is 8.32. The lowest BCUT2D eigenvalue weighted by Crippen LogP contribution is -2.12. The van der Waals surface area contributed by atoms with E-state index in [1.165, 1.54) is 12.8 Å². The maximum Gasteiger partial charge on any atom is 0.421 e. The summed E-state index contributed by atoms with van der Waals surface area (Å²) in [5.41, 5.74) is 8.89. The van der Waals surface area contributed by atoms with Crippen molar-refractivity contribution in [2.45, 2.75) is 31.7 Å². The van der Waals surface area contributed by atoms with Crippen molar-refractivity contribution in [3.05, 3.63) is 11.8 Å². The van der Waals surface area contributed by atoms with E-state index in [0.717, 1.165) is 12.6 Å². The summed E-state index contributed by atoms with van der Waals surface area (Å²) in [6.45, 7) is 0.403. The minimum Gasteiger partial charge on any atom is -0.383 e.